The van der Waals surface area contributed by atoms with E-state index >= 15 is 0 Å². The third-order valence-electron chi connectivity index (χ3n) is 5.89. The Morgan fingerprint density at radius 3 is 1.97 bits per heavy atom. The second kappa shape index (κ2) is 13.6. The Labute approximate surface area is 203 Å². The number of halogens is 2. The summed E-state index contributed by atoms with van der Waals surface area (Å²) in [6.45, 7) is 4.68. The Morgan fingerprint density at radius 1 is 0.647 bits per heavy atom. The van der Waals surface area contributed by atoms with Gasteiger partial charge in [0.25, 0.3) is 0 Å². The molecule has 178 valence electrons. The molecule has 0 atom stereocenters. The van der Waals surface area contributed by atoms with Crippen molar-refractivity contribution in [3.63, 3.8) is 0 Å². The summed E-state index contributed by atoms with van der Waals surface area (Å²) < 4.78 is 34.1. The summed E-state index contributed by atoms with van der Waals surface area (Å²) in [7, 11) is 0. The van der Waals surface area contributed by atoms with Crippen LogP contribution in [0.25, 0.3) is 11.1 Å². The zero-order valence-electron chi connectivity index (χ0n) is 20.3. The lowest BCUT2D eigenvalue weighted by molar-refractivity contribution is 0.286. The van der Waals surface area contributed by atoms with Gasteiger partial charge in [-0.1, -0.05) is 94.2 Å². The highest BCUT2D eigenvalue weighted by atomic mass is 19.2. The molecule has 0 radical (unpaired) electrons. The highest BCUT2D eigenvalue weighted by Gasteiger charge is 2.13. The molecule has 0 spiro atoms. The van der Waals surface area contributed by atoms with Gasteiger partial charge in [-0.3, -0.25) is 0 Å². The van der Waals surface area contributed by atoms with Crippen LogP contribution in [0.4, 0.5) is 8.78 Å². The van der Waals surface area contributed by atoms with E-state index in [1.165, 1.54) is 43.4 Å². The van der Waals surface area contributed by atoms with Gasteiger partial charge in [0.05, 0.1) is 12.2 Å². The number of aryl methyl sites for hydroxylation is 1. The maximum absolute atomic E-state index is 14.4. The highest BCUT2D eigenvalue weighted by molar-refractivity contribution is 5.64. The Morgan fingerprint density at radius 2 is 1.29 bits per heavy atom. The van der Waals surface area contributed by atoms with Gasteiger partial charge in [0.15, 0.2) is 11.6 Å². The molecule has 0 aliphatic heterocycles. The molecule has 0 amide bonds. The van der Waals surface area contributed by atoms with Crippen LogP contribution in [0.5, 0.6) is 5.75 Å². The number of benzene rings is 3. The van der Waals surface area contributed by atoms with Crippen LogP contribution < -0.4 is 4.74 Å². The molecule has 3 heteroatoms. The Bertz CT molecular complexity index is 1090. The van der Waals surface area contributed by atoms with E-state index in [0.29, 0.717) is 6.61 Å². The Kier molecular flexibility index (Phi) is 10.2. The molecule has 3 aromatic carbocycles. The van der Waals surface area contributed by atoms with Gasteiger partial charge in [0.1, 0.15) is 0 Å². The van der Waals surface area contributed by atoms with E-state index in [9.17, 15) is 8.78 Å². The molecule has 3 aromatic rings. The SMILES string of the molecule is CCCCCCc1ccc(-c2ccc(C#Cc3ccc(OCCCCC)c(F)c3F)cc2)cc1. The van der Waals surface area contributed by atoms with Gasteiger partial charge in [0, 0.05) is 5.56 Å². The van der Waals surface area contributed by atoms with Gasteiger partial charge in [-0.25, -0.2) is 4.39 Å². The largest absolute Gasteiger partial charge is 0.490 e. The minimum Gasteiger partial charge on any atom is -0.490 e. The van der Waals surface area contributed by atoms with Crippen LogP contribution in [-0.2, 0) is 6.42 Å². The van der Waals surface area contributed by atoms with Crippen molar-refractivity contribution >= 4 is 0 Å². The van der Waals surface area contributed by atoms with Gasteiger partial charge in [-0.05, 0) is 60.2 Å². The summed E-state index contributed by atoms with van der Waals surface area (Å²) in [5, 5.41) is 0. The van der Waals surface area contributed by atoms with Crippen LogP contribution in [-0.4, -0.2) is 6.61 Å². The summed E-state index contributed by atoms with van der Waals surface area (Å²) in [5.41, 5.74) is 4.39. The molecule has 1 nitrogen and oxygen atoms in total. The molecule has 0 unspecified atom stereocenters. The van der Waals surface area contributed by atoms with Crippen LogP contribution in [0.3, 0.4) is 0 Å². The quantitative estimate of drug-likeness (QED) is 0.205. The van der Waals surface area contributed by atoms with Crippen molar-refractivity contribution < 1.29 is 13.5 Å². The van der Waals surface area contributed by atoms with Crippen LogP contribution in [0.15, 0.2) is 60.7 Å². The minimum absolute atomic E-state index is 0.0250. The summed E-state index contributed by atoms with van der Waals surface area (Å²) in [5.74, 6) is 3.68. The fraction of sp³-hybridized carbons (Fsp3) is 0.355. The number of unbranched alkanes of at least 4 members (excludes halogenated alkanes) is 5. The van der Waals surface area contributed by atoms with E-state index in [4.69, 9.17) is 4.74 Å². The molecule has 0 saturated heterocycles. The lowest BCUT2D eigenvalue weighted by atomic mass is 10.0. The number of ether oxygens (including phenoxy) is 1. The monoisotopic (exact) mass is 460 g/mol. The van der Waals surface area contributed by atoms with Crippen molar-refractivity contribution in [3.8, 4) is 28.7 Å². The lowest BCUT2D eigenvalue weighted by Crippen LogP contribution is -2.01. The first-order valence-electron chi connectivity index (χ1n) is 12.4. The van der Waals surface area contributed by atoms with Crippen molar-refractivity contribution in [3.05, 3.63) is 89.0 Å². The average molecular weight is 461 g/mol. The zero-order chi connectivity index (χ0) is 24.2. The van der Waals surface area contributed by atoms with E-state index in [1.807, 2.05) is 24.3 Å². The normalized spacial score (nSPS) is 10.6. The molecular weight excluding hydrogens is 426 g/mol. The first-order chi connectivity index (χ1) is 16.6. The second-order valence-corrected chi connectivity index (χ2v) is 8.63. The molecule has 3 rings (SSSR count). The van der Waals surface area contributed by atoms with E-state index < -0.39 is 11.6 Å². The van der Waals surface area contributed by atoms with E-state index in [-0.39, 0.29) is 11.3 Å². The summed E-state index contributed by atoms with van der Waals surface area (Å²) in [6, 6.07) is 19.4. The molecule has 0 bridgehead atoms. The Hall–Kier alpha value is -3.12. The molecular formula is C31H34F2O. The molecule has 0 aliphatic rings. The fourth-order valence-electron chi connectivity index (χ4n) is 3.78. The molecule has 0 saturated carbocycles. The predicted octanol–water partition coefficient (Wildman–Crippen LogP) is 8.72. The molecule has 34 heavy (non-hydrogen) atoms. The average Bonchev–Trinajstić information content (AvgIpc) is 2.87. The van der Waals surface area contributed by atoms with Crippen LogP contribution >= 0.6 is 0 Å². The van der Waals surface area contributed by atoms with E-state index in [1.54, 1.807) is 0 Å². The molecule has 0 aliphatic carbocycles. The Balaban J connectivity index is 1.62. The number of hydrogen-bond donors (Lipinski definition) is 0. The third-order valence-corrected chi connectivity index (χ3v) is 5.89. The summed E-state index contributed by atoms with van der Waals surface area (Å²) in [4.78, 5) is 0. The smallest absolute Gasteiger partial charge is 0.201 e. The zero-order valence-corrected chi connectivity index (χ0v) is 20.3. The van der Waals surface area contributed by atoms with Gasteiger partial charge >= 0.3 is 0 Å². The van der Waals surface area contributed by atoms with Crippen molar-refractivity contribution in [2.45, 2.75) is 65.2 Å². The maximum Gasteiger partial charge on any atom is 0.201 e. The van der Waals surface area contributed by atoms with Gasteiger partial charge in [0.2, 0.25) is 5.82 Å². The lowest BCUT2D eigenvalue weighted by Gasteiger charge is -2.08. The fourth-order valence-corrected chi connectivity index (χ4v) is 3.78. The first kappa shape index (κ1) is 25.5. The number of hydrogen-bond acceptors (Lipinski definition) is 1. The van der Waals surface area contributed by atoms with Gasteiger partial charge < -0.3 is 4.74 Å². The van der Waals surface area contributed by atoms with Crippen LogP contribution in [0, 0.1) is 23.5 Å². The maximum atomic E-state index is 14.4. The molecule has 0 fully saturated rings. The third kappa shape index (κ3) is 7.45. The first-order valence-corrected chi connectivity index (χ1v) is 12.4. The van der Waals surface area contributed by atoms with E-state index in [2.05, 4.69) is 50.0 Å². The standard InChI is InChI=1S/C31H34F2O/c1-3-5-7-8-10-24-11-16-26(17-12-24)27-18-13-25(14-19-27)15-20-28-21-22-29(31(33)30(28)32)34-23-9-6-4-2/h11-14,16-19,21-22H,3-10,23H2,1-2H3. The summed E-state index contributed by atoms with van der Waals surface area (Å²) in [6.07, 6.45) is 9.06. The van der Waals surface area contributed by atoms with E-state index in [0.717, 1.165) is 42.4 Å². The highest BCUT2D eigenvalue weighted by Crippen LogP contribution is 2.24. The predicted molar refractivity (Wildman–Crippen MR) is 137 cm³/mol. The second-order valence-electron chi connectivity index (χ2n) is 8.63. The number of rotatable bonds is 11. The minimum atomic E-state index is -0.979. The van der Waals surface area contributed by atoms with Crippen molar-refractivity contribution in [2.75, 3.05) is 6.61 Å². The summed E-state index contributed by atoms with van der Waals surface area (Å²) >= 11 is 0. The molecule has 0 heterocycles. The van der Waals surface area contributed by atoms with Gasteiger partial charge in [-0.2, -0.15) is 4.39 Å². The van der Waals surface area contributed by atoms with Gasteiger partial charge in [-0.15, -0.1) is 0 Å². The van der Waals surface area contributed by atoms with Crippen LogP contribution in [0.2, 0.25) is 0 Å². The topological polar surface area (TPSA) is 9.23 Å². The van der Waals surface area contributed by atoms with Crippen LogP contribution in [0.1, 0.15) is 75.5 Å². The van der Waals surface area contributed by atoms with Crippen molar-refractivity contribution in [2.24, 2.45) is 0 Å². The van der Waals surface area contributed by atoms with Crippen molar-refractivity contribution in [1.29, 1.82) is 0 Å². The molecule has 0 N–H and O–H groups in total. The van der Waals surface area contributed by atoms with Crippen molar-refractivity contribution in [1.82, 2.24) is 0 Å². The molecule has 0 aromatic heterocycles.